The summed E-state index contributed by atoms with van der Waals surface area (Å²) in [5.74, 6) is 1.59. The number of carbonyl (C=O) groups excluding carboxylic acids is 1. The van der Waals surface area contributed by atoms with Gasteiger partial charge in [0.15, 0.2) is 5.96 Å². The van der Waals surface area contributed by atoms with Crippen molar-refractivity contribution in [3.63, 3.8) is 0 Å². The van der Waals surface area contributed by atoms with Crippen LogP contribution in [0.15, 0.2) is 59.6 Å². The molecular weight excluding hydrogens is 414 g/mol. The molecule has 1 amide bonds. The summed E-state index contributed by atoms with van der Waals surface area (Å²) in [7, 11) is 3.52. The Kier molecular flexibility index (Phi) is 7.83. The number of amides is 1. The molecular formula is C26H35N5O2. The van der Waals surface area contributed by atoms with E-state index in [1.54, 1.807) is 19.0 Å². The third-order valence-electron chi connectivity index (χ3n) is 6.24. The number of likely N-dealkylation sites (N-methyl/N-ethyl adjacent to an activating group) is 1. The van der Waals surface area contributed by atoms with E-state index < -0.39 is 0 Å². The highest BCUT2D eigenvalue weighted by molar-refractivity contribution is 5.85. The predicted molar refractivity (Wildman–Crippen MR) is 131 cm³/mol. The smallest absolute Gasteiger partial charge is 0.243 e. The number of fused-ring (bicyclic) bond motifs is 1. The number of benzene rings is 2. The zero-order chi connectivity index (χ0) is 23.0. The van der Waals surface area contributed by atoms with Crippen LogP contribution in [0.25, 0.3) is 0 Å². The number of rotatable bonds is 6. The number of aliphatic imine (C=N–C) groups is 1. The Hall–Kier alpha value is -3.06. The average Bonchev–Trinajstić information content (AvgIpc) is 2.83. The standard InChI is InChI=1S/C26H35N5O2/c1-30(2)25(32)17-27-26(29-23-14-16-33-24-13-7-6-12-22(23)24)28-21-11-8-15-31(19-21)18-20-9-4-3-5-10-20/h3-7,9-10,12-13,21,23H,8,11,14-19H2,1-2H3,(H2,27,28,29). The molecule has 176 valence electrons. The number of piperidine rings is 1. The van der Waals surface area contributed by atoms with Crippen molar-refractivity contribution in [3.8, 4) is 5.75 Å². The summed E-state index contributed by atoms with van der Waals surface area (Å²) in [6, 6.07) is 19.1. The minimum Gasteiger partial charge on any atom is -0.493 e. The van der Waals surface area contributed by atoms with Crippen molar-refractivity contribution in [2.45, 2.75) is 37.9 Å². The van der Waals surface area contributed by atoms with E-state index in [-0.39, 0.29) is 24.5 Å². The molecule has 2 unspecified atom stereocenters. The predicted octanol–water partition coefficient (Wildman–Crippen LogP) is 2.80. The van der Waals surface area contributed by atoms with E-state index in [2.05, 4.69) is 56.9 Å². The van der Waals surface area contributed by atoms with E-state index in [0.717, 1.165) is 50.2 Å². The Morgan fingerprint density at radius 2 is 1.88 bits per heavy atom. The van der Waals surface area contributed by atoms with E-state index in [4.69, 9.17) is 4.74 Å². The van der Waals surface area contributed by atoms with Crippen LogP contribution in [0.5, 0.6) is 5.75 Å². The normalized spacial score (nSPS) is 21.0. The maximum atomic E-state index is 12.2. The second-order valence-electron chi connectivity index (χ2n) is 9.03. The van der Waals surface area contributed by atoms with Gasteiger partial charge >= 0.3 is 0 Å². The van der Waals surface area contributed by atoms with Crippen LogP contribution < -0.4 is 15.4 Å². The highest BCUT2D eigenvalue weighted by atomic mass is 16.5. The first-order valence-electron chi connectivity index (χ1n) is 11.8. The Balaban J connectivity index is 1.44. The zero-order valence-electron chi connectivity index (χ0n) is 19.7. The fourth-order valence-electron chi connectivity index (χ4n) is 4.43. The zero-order valence-corrected chi connectivity index (χ0v) is 19.7. The molecule has 2 heterocycles. The molecule has 0 aliphatic carbocycles. The van der Waals surface area contributed by atoms with E-state index in [9.17, 15) is 4.79 Å². The van der Waals surface area contributed by atoms with Crippen LogP contribution in [-0.2, 0) is 11.3 Å². The van der Waals surface area contributed by atoms with Crippen molar-refractivity contribution in [2.24, 2.45) is 4.99 Å². The van der Waals surface area contributed by atoms with E-state index in [1.807, 2.05) is 18.2 Å². The second-order valence-corrected chi connectivity index (χ2v) is 9.03. The molecule has 33 heavy (non-hydrogen) atoms. The van der Waals surface area contributed by atoms with E-state index >= 15 is 0 Å². The molecule has 4 rings (SSSR count). The lowest BCUT2D eigenvalue weighted by atomic mass is 10.0. The van der Waals surface area contributed by atoms with E-state index in [0.29, 0.717) is 12.6 Å². The minimum absolute atomic E-state index is 0.0159. The van der Waals surface area contributed by atoms with Crippen molar-refractivity contribution >= 4 is 11.9 Å². The number of para-hydroxylation sites is 1. The molecule has 7 heteroatoms. The van der Waals surface area contributed by atoms with Gasteiger partial charge in [-0.1, -0.05) is 48.5 Å². The molecule has 2 N–H and O–H groups in total. The Morgan fingerprint density at radius 3 is 2.70 bits per heavy atom. The van der Waals surface area contributed by atoms with Gasteiger partial charge in [-0.05, 0) is 31.0 Å². The lowest BCUT2D eigenvalue weighted by Gasteiger charge is -2.35. The number of ether oxygens (including phenoxy) is 1. The maximum absolute atomic E-state index is 12.2. The van der Waals surface area contributed by atoms with Gasteiger partial charge in [-0.25, -0.2) is 4.99 Å². The van der Waals surface area contributed by atoms with Crippen LogP contribution in [-0.4, -0.2) is 68.0 Å². The molecule has 7 nitrogen and oxygen atoms in total. The molecule has 2 aliphatic rings. The van der Waals surface area contributed by atoms with Crippen LogP contribution in [0.2, 0.25) is 0 Å². The SMILES string of the molecule is CN(C)C(=O)CN=C(NC1CCCN(Cc2ccccc2)C1)NC1CCOc2ccccc21. The van der Waals surface area contributed by atoms with Gasteiger partial charge in [0.1, 0.15) is 12.3 Å². The van der Waals surface area contributed by atoms with Crippen LogP contribution >= 0.6 is 0 Å². The van der Waals surface area contributed by atoms with Gasteiger partial charge in [0.2, 0.25) is 5.91 Å². The topological polar surface area (TPSA) is 69.2 Å². The number of hydrogen-bond acceptors (Lipinski definition) is 4. The van der Waals surface area contributed by atoms with Gasteiger partial charge in [0.05, 0.1) is 12.6 Å². The summed E-state index contributed by atoms with van der Waals surface area (Å²) in [5, 5.41) is 7.22. The fraction of sp³-hybridized carbons (Fsp3) is 0.462. The number of guanidine groups is 1. The van der Waals surface area contributed by atoms with Gasteiger partial charge in [-0.3, -0.25) is 9.69 Å². The summed E-state index contributed by atoms with van der Waals surface area (Å²) in [6.45, 7) is 3.77. The summed E-state index contributed by atoms with van der Waals surface area (Å²) >= 11 is 0. The molecule has 0 radical (unpaired) electrons. The maximum Gasteiger partial charge on any atom is 0.243 e. The molecule has 2 aromatic rings. The van der Waals surface area contributed by atoms with Crippen LogP contribution in [0.3, 0.4) is 0 Å². The molecule has 2 aliphatic heterocycles. The number of nitrogens with zero attached hydrogens (tertiary/aromatic N) is 3. The van der Waals surface area contributed by atoms with E-state index in [1.165, 1.54) is 5.56 Å². The first-order chi connectivity index (χ1) is 16.1. The van der Waals surface area contributed by atoms with Crippen molar-refractivity contribution in [1.82, 2.24) is 20.4 Å². The summed E-state index contributed by atoms with van der Waals surface area (Å²) < 4.78 is 5.82. The van der Waals surface area contributed by atoms with Crippen molar-refractivity contribution in [3.05, 3.63) is 65.7 Å². The Morgan fingerprint density at radius 1 is 1.09 bits per heavy atom. The van der Waals surface area contributed by atoms with Crippen molar-refractivity contribution in [2.75, 3.05) is 40.3 Å². The van der Waals surface area contributed by atoms with Crippen molar-refractivity contribution in [1.29, 1.82) is 0 Å². The minimum atomic E-state index is -0.0159. The molecule has 1 saturated heterocycles. The van der Waals surface area contributed by atoms with Gasteiger partial charge in [0.25, 0.3) is 0 Å². The lowest BCUT2D eigenvalue weighted by molar-refractivity contribution is -0.127. The third-order valence-corrected chi connectivity index (χ3v) is 6.24. The summed E-state index contributed by atoms with van der Waals surface area (Å²) in [5.41, 5.74) is 2.46. The summed E-state index contributed by atoms with van der Waals surface area (Å²) in [6.07, 6.45) is 3.07. The van der Waals surface area contributed by atoms with Gasteiger partial charge in [-0.15, -0.1) is 0 Å². The van der Waals surface area contributed by atoms with Gasteiger partial charge in [-0.2, -0.15) is 0 Å². The first kappa shape index (κ1) is 23.1. The first-order valence-corrected chi connectivity index (χ1v) is 11.8. The number of hydrogen-bond donors (Lipinski definition) is 2. The van der Waals surface area contributed by atoms with Crippen molar-refractivity contribution < 1.29 is 9.53 Å². The highest BCUT2D eigenvalue weighted by Gasteiger charge is 2.25. The Labute approximate surface area is 196 Å². The third kappa shape index (κ3) is 6.48. The summed E-state index contributed by atoms with van der Waals surface area (Å²) in [4.78, 5) is 20.9. The Bertz CT molecular complexity index is 947. The van der Waals surface area contributed by atoms with Crippen LogP contribution in [0, 0.1) is 0 Å². The number of likely N-dealkylation sites (tertiary alicyclic amines) is 1. The van der Waals surface area contributed by atoms with Gasteiger partial charge < -0.3 is 20.3 Å². The lowest BCUT2D eigenvalue weighted by Crippen LogP contribution is -2.52. The number of nitrogens with one attached hydrogen (secondary N) is 2. The fourth-order valence-corrected chi connectivity index (χ4v) is 4.43. The molecule has 0 spiro atoms. The molecule has 2 atom stereocenters. The van der Waals surface area contributed by atoms with Gasteiger partial charge in [0, 0.05) is 45.2 Å². The largest absolute Gasteiger partial charge is 0.493 e. The monoisotopic (exact) mass is 449 g/mol. The molecule has 1 fully saturated rings. The number of carbonyl (C=O) groups is 1. The molecule has 0 saturated carbocycles. The quantitative estimate of drug-likeness (QED) is 0.524. The molecule has 2 aromatic carbocycles. The van der Waals surface area contributed by atoms with Crippen LogP contribution in [0.4, 0.5) is 0 Å². The highest BCUT2D eigenvalue weighted by Crippen LogP contribution is 2.31. The van der Waals surface area contributed by atoms with Crippen LogP contribution in [0.1, 0.15) is 36.4 Å². The average molecular weight is 450 g/mol. The molecule has 0 aromatic heterocycles. The second kappa shape index (κ2) is 11.2. The molecule has 0 bridgehead atoms.